The summed E-state index contributed by atoms with van der Waals surface area (Å²) in [5.41, 5.74) is 0.904. The number of benzene rings is 1. The molecule has 0 radical (unpaired) electrons. The van der Waals surface area contributed by atoms with Gasteiger partial charge in [0.1, 0.15) is 11.6 Å². The largest absolute Gasteiger partial charge is 0.417 e. The summed E-state index contributed by atoms with van der Waals surface area (Å²) in [7, 11) is 0. The van der Waals surface area contributed by atoms with Gasteiger partial charge in [0.25, 0.3) is 0 Å². The van der Waals surface area contributed by atoms with Gasteiger partial charge in [-0.3, -0.25) is 4.79 Å². The number of rotatable bonds is 6. The molecule has 2 aromatic heterocycles. The van der Waals surface area contributed by atoms with Crippen LogP contribution in [0.15, 0.2) is 36.5 Å². The van der Waals surface area contributed by atoms with Crippen molar-refractivity contribution in [3.05, 3.63) is 52.9 Å². The van der Waals surface area contributed by atoms with Crippen LogP contribution in [0.4, 0.5) is 19.0 Å². The molecule has 1 saturated heterocycles. The summed E-state index contributed by atoms with van der Waals surface area (Å²) in [6, 6.07) is 8.41. The Labute approximate surface area is 200 Å². The second-order valence-corrected chi connectivity index (χ2v) is 9.53. The number of aromatic nitrogens is 3. The van der Waals surface area contributed by atoms with E-state index in [4.69, 9.17) is 11.6 Å². The van der Waals surface area contributed by atoms with Gasteiger partial charge in [-0.1, -0.05) is 37.6 Å². The molecule has 1 amide bonds. The molecule has 0 bridgehead atoms. The number of hydrogen-bond donors (Lipinski definition) is 2. The molecule has 0 aliphatic carbocycles. The number of fused-ring (bicyclic) bond motifs is 1. The average Bonchev–Trinajstić information content (AvgIpc) is 3.22. The van der Waals surface area contributed by atoms with E-state index in [1.54, 1.807) is 0 Å². The fourth-order valence-corrected chi connectivity index (χ4v) is 4.60. The van der Waals surface area contributed by atoms with Crippen molar-refractivity contribution in [3.8, 4) is 0 Å². The summed E-state index contributed by atoms with van der Waals surface area (Å²) in [5, 5.41) is 3.13. The first-order chi connectivity index (χ1) is 16.1. The molecule has 1 aromatic carbocycles. The minimum Gasteiger partial charge on any atom is -0.355 e. The lowest BCUT2D eigenvalue weighted by Gasteiger charge is -2.33. The van der Waals surface area contributed by atoms with Crippen molar-refractivity contribution in [3.63, 3.8) is 0 Å². The maximum atomic E-state index is 13.1. The topological polar surface area (TPSA) is 73.9 Å². The van der Waals surface area contributed by atoms with Crippen LogP contribution in [0.2, 0.25) is 5.02 Å². The summed E-state index contributed by atoms with van der Waals surface area (Å²) >= 11 is 6.09. The molecule has 0 saturated carbocycles. The molecule has 6 nitrogen and oxygen atoms in total. The van der Waals surface area contributed by atoms with Gasteiger partial charge in [0.05, 0.1) is 27.7 Å². The number of amides is 1. The van der Waals surface area contributed by atoms with Gasteiger partial charge in [0.15, 0.2) is 0 Å². The lowest BCUT2D eigenvalue weighted by Crippen LogP contribution is -2.42. The molecule has 0 spiro atoms. The van der Waals surface area contributed by atoms with Crippen molar-refractivity contribution in [2.24, 2.45) is 11.8 Å². The first kappa shape index (κ1) is 24.3. The molecule has 34 heavy (non-hydrogen) atoms. The number of anilines is 1. The zero-order valence-electron chi connectivity index (χ0n) is 19.0. The fraction of sp³-hybridized carbons (Fsp3) is 0.458. The van der Waals surface area contributed by atoms with Crippen LogP contribution in [-0.2, 0) is 11.0 Å². The number of piperidine rings is 1. The molecular weight excluding hydrogens is 467 g/mol. The molecule has 1 fully saturated rings. The Morgan fingerprint density at radius 3 is 2.59 bits per heavy atom. The average molecular weight is 494 g/mol. The zero-order valence-corrected chi connectivity index (χ0v) is 19.7. The third kappa shape index (κ3) is 5.46. The van der Waals surface area contributed by atoms with E-state index in [0.29, 0.717) is 37.7 Å². The van der Waals surface area contributed by atoms with Crippen molar-refractivity contribution < 1.29 is 18.0 Å². The highest BCUT2D eigenvalue weighted by atomic mass is 35.5. The molecule has 3 heterocycles. The number of pyridine rings is 1. The molecule has 1 aliphatic heterocycles. The smallest absolute Gasteiger partial charge is 0.355 e. The van der Waals surface area contributed by atoms with Crippen LogP contribution in [0, 0.1) is 11.8 Å². The van der Waals surface area contributed by atoms with Gasteiger partial charge in [-0.05, 0) is 43.4 Å². The number of hydrogen-bond acceptors (Lipinski definition) is 4. The summed E-state index contributed by atoms with van der Waals surface area (Å²) in [6.07, 6.45) is -1.84. The van der Waals surface area contributed by atoms with Gasteiger partial charge >= 0.3 is 6.18 Å². The van der Waals surface area contributed by atoms with Crippen LogP contribution in [0.25, 0.3) is 11.0 Å². The van der Waals surface area contributed by atoms with Gasteiger partial charge in [0.2, 0.25) is 5.91 Å². The minimum absolute atomic E-state index is 0.0420. The van der Waals surface area contributed by atoms with Crippen molar-refractivity contribution in [1.29, 1.82) is 0 Å². The van der Waals surface area contributed by atoms with Crippen LogP contribution in [0.1, 0.15) is 50.5 Å². The number of carbonyl (C=O) groups excluding carboxylic acids is 1. The highest BCUT2D eigenvalue weighted by Gasteiger charge is 2.33. The molecule has 10 heteroatoms. The number of halogens is 4. The SMILES string of the molecule is CC(C)CC(NC(=O)C1CCN(c2ncc(C(F)(F)F)cc2Cl)CC1)c1nc2ccccc2[nH]1. The second kappa shape index (κ2) is 9.82. The number of carbonyl (C=O) groups is 1. The van der Waals surface area contributed by atoms with E-state index in [1.165, 1.54) is 0 Å². The van der Waals surface area contributed by atoms with E-state index in [-0.39, 0.29) is 22.9 Å². The Bertz CT molecular complexity index is 1120. The molecule has 1 aliphatic rings. The van der Waals surface area contributed by atoms with Crippen molar-refractivity contribution in [2.45, 2.75) is 45.3 Å². The third-order valence-corrected chi connectivity index (χ3v) is 6.35. The number of imidazole rings is 1. The van der Waals surface area contributed by atoms with Crippen LogP contribution in [0.5, 0.6) is 0 Å². The van der Waals surface area contributed by atoms with Crippen LogP contribution in [0.3, 0.4) is 0 Å². The Hall–Kier alpha value is -2.81. The number of nitrogens with one attached hydrogen (secondary N) is 2. The molecule has 2 N–H and O–H groups in total. The monoisotopic (exact) mass is 493 g/mol. The van der Waals surface area contributed by atoms with Gasteiger partial charge in [-0.15, -0.1) is 0 Å². The van der Waals surface area contributed by atoms with E-state index in [1.807, 2.05) is 29.2 Å². The standard InChI is InChI=1S/C24H27ClF3N5O/c1-14(2)11-20(21-30-18-5-3-4-6-19(18)31-21)32-23(34)15-7-9-33(10-8-15)22-17(25)12-16(13-29-22)24(26,27)28/h3-6,12-15,20H,7-11H2,1-2H3,(H,30,31)(H,32,34). The lowest BCUT2D eigenvalue weighted by atomic mass is 9.94. The summed E-state index contributed by atoms with van der Waals surface area (Å²) in [5.74, 6) is 1.16. The lowest BCUT2D eigenvalue weighted by molar-refractivity contribution is -0.137. The molecule has 1 unspecified atom stereocenters. The maximum Gasteiger partial charge on any atom is 0.417 e. The number of aromatic amines is 1. The first-order valence-corrected chi connectivity index (χ1v) is 11.7. The predicted octanol–water partition coefficient (Wildman–Crippen LogP) is 5.75. The van der Waals surface area contributed by atoms with E-state index in [0.717, 1.165) is 35.5 Å². The van der Waals surface area contributed by atoms with Gasteiger partial charge in [0, 0.05) is 25.2 Å². The van der Waals surface area contributed by atoms with Gasteiger partial charge in [-0.25, -0.2) is 9.97 Å². The fourth-order valence-electron chi connectivity index (χ4n) is 4.31. The Kier molecular flexibility index (Phi) is 7.02. The highest BCUT2D eigenvalue weighted by Crippen LogP contribution is 2.35. The number of H-pyrrole nitrogens is 1. The normalized spacial score (nSPS) is 16.3. The third-order valence-electron chi connectivity index (χ3n) is 6.08. The molecule has 1 atom stereocenters. The zero-order chi connectivity index (χ0) is 24.5. The van der Waals surface area contributed by atoms with Crippen molar-refractivity contribution in [2.75, 3.05) is 18.0 Å². The van der Waals surface area contributed by atoms with Gasteiger partial charge in [-0.2, -0.15) is 13.2 Å². The van der Waals surface area contributed by atoms with Crippen LogP contribution >= 0.6 is 11.6 Å². The van der Waals surface area contributed by atoms with E-state index in [2.05, 4.69) is 34.1 Å². The minimum atomic E-state index is -4.49. The predicted molar refractivity (Wildman–Crippen MR) is 126 cm³/mol. The Morgan fingerprint density at radius 1 is 1.26 bits per heavy atom. The van der Waals surface area contributed by atoms with E-state index < -0.39 is 11.7 Å². The summed E-state index contributed by atoms with van der Waals surface area (Å²) in [6.45, 7) is 5.16. The molecule has 4 rings (SSSR count). The maximum absolute atomic E-state index is 13.1. The highest BCUT2D eigenvalue weighted by molar-refractivity contribution is 6.33. The van der Waals surface area contributed by atoms with Crippen LogP contribution < -0.4 is 10.2 Å². The number of para-hydroxylation sites is 2. The second-order valence-electron chi connectivity index (χ2n) is 9.12. The van der Waals surface area contributed by atoms with E-state index >= 15 is 0 Å². The quantitative estimate of drug-likeness (QED) is 0.458. The van der Waals surface area contributed by atoms with Gasteiger partial charge < -0.3 is 15.2 Å². The van der Waals surface area contributed by atoms with E-state index in [9.17, 15) is 18.0 Å². The molecule has 182 valence electrons. The first-order valence-electron chi connectivity index (χ1n) is 11.3. The molecular formula is C24H27ClF3N5O. The number of alkyl halides is 3. The van der Waals surface area contributed by atoms with Crippen molar-refractivity contribution >= 4 is 34.4 Å². The summed E-state index contributed by atoms with van der Waals surface area (Å²) in [4.78, 5) is 26.9. The number of nitrogens with zero attached hydrogens (tertiary/aromatic N) is 3. The summed E-state index contributed by atoms with van der Waals surface area (Å²) < 4.78 is 38.7. The Balaban J connectivity index is 1.41. The van der Waals surface area contributed by atoms with Crippen molar-refractivity contribution in [1.82, 2.24) is 20.3 Å². The van der Waals surface area contributed by atoms with Crippen LogP contribution in [-0.4, -0.2) is 33.9 Å². The molecule has 3 aromatic rings. The Morgan fingerprint density at radius 2 is 1.97 bits per heavy atom.